The van der Waals surface area contributed by atoms with Crippen LogP contribution in [-0.4, -0.2) is 17.0 Å². The molecule has 0 bridgehead atoms. The number of rotatable bonds is 4. The topological polar surface area (TPSA) is 22.1 Å². The molecule has 1 saturated carbocycles. The van der Waals surface area contributed by atoms with E-state index in [9.17, 15) is 0 Å². The van der Waals surface area contributed by atoms with Crippen molar-refractivity contribution in [1.82, 2.24) is 4.98 Å². The van der Waals surface area contributed by atoms with Gasteiger partial charge in [0.1, 0.15) is 5.75 Å². The van der Waals surface area contributed by atoms with Crippen LogP contribution in [0, 0.1) is 0 Å². The predicted molar refractivity (Wildman–Crippen MR) is 66.3 cm³/mol. The van der Waals surface area contributed by atoms with E-state index >= 15 is 0 Å². The smallest absolute Gasteiger partial charge is 0.137 e. The Bertz CT molecular complexity index is 342. The highest BCUT2D eigenvalue weighted by atomic mass is 35.5. The fourth-order valence-electron chi connectivity index (χ4n) is 2.23. The van der Waals surface area contributed by atoms with E-state index in [-0.39, 0.29) is 5.38 Å². The van der Waals surface area contributed by atoms with Gasteiger partial charge in [-0.2, -0.15) is 0 Å². The predicted octanol–water partition coefficient (Wildman–Crippen LogP) is 3.75. The minimum Gasteiger partial charge on any atom is -0.492 e. The molecule has 88 valence electrons. The van der Waals surface area contributed by atoms with E-state index in [0.29, 0.717) is 5.92 Å². The van der Waals surface area contributed by atoms with Crippen LogP contribution in [0.2, 0.25) is 0 Å². The summed E-state index contributed by atoms with van der Waals surface area (Å²) in [6, 6.07) is 2.09. The third-order valence-corrected chi connectivity index (χ3v) is 3.59. The lowest BCUT2D eigenvalue weighted by Crippen LogP contribution is -2.06. The summed E-state index contributed by atoms with van der Waals surface area (Å²) in [5.74, 6) is 1.33. The average molecular weight is 240 g/mol. The first-order chi connectivity index (χ1) is 7.81. The highest BCUT2D eigenvalue weighted by molar-refractivity contribution is 6.21. The van der Waals surface area contributed by atoms with Crippen molar-refractivity contribution in [2.45, 2.75) is 43.9 Å². The van der Waals surface area contributed by atoms with E-state index in [1.54, 1.807) is 6.20 Å². The maximum absolute atomic E-state index is 6.30. The van der Waals surface area contributed by atoms with Gasteiger partial charge < -0.3 is 4.74 Å². The number of aromatic nitrogens is 1. The highest BCUT2D eigenvalue weighted by Crippen LogP contribution is 2.38. The van der Waals surface area contributed by atoms with Gasteiger partial charge in [0.2, 0.25) is 0 Å². The van der Waals surface area contributed by atoms with Crippen LogP contribution in [-0.2, 0) is 0 Å². The lowest BCUT2D eigenvalue weighted by molar-refractivity contribution is 0.315. The number of alkyl halides is 1. The fourth-order valence-corrected chi connectivity index (χ4v) is 2.65. The normalized spacial score (nSPS) is 24.6. The number of hydrogen-bond acceptors (Lipinski definition) is 2. The fraction of sp³-hybridized carbons (Fsp3) is 0.615. The zero-order valence-electron chi connectivity index (χ0n) is 9.66. The molecule has 0 amide bonds. The van der Waals surface area contributed by atoms with Crippen LogP contribution in [0.4, 0.5) is 0 Å². The maximum Gasteiger partial charge on any atom is 0.137 e. The molecule has 16 heavy (non-hydrogen) atoms. The quantitative estimate of drug-likeness (QED) is 0.747. The number of nitrogens with zero attached hydrogens (tertiary/aromatic N) is 1. The summed E-state index contributed by atoms with van der Waals surface area (Å²) in [5.41, 5.74) is 1.23. The van der Waals surface area contributed by atoms with E-state index in [2.05, 4.69) is 18.0 Å². The third-order valence-electron chi connectivity index (χ3n) is 3.07. The number of halogens is 1. The Morgan fingerprint density at radius 1 is 1.44 bits per heavy atom. The van der Waals surface area contributed by atoms with E-state index < -0.39 is 0 Å². The molecule has 1 aromatic heterocycles. The van der Waals surface area contributed by atoms with Crippen LogP contribution in [0.25, 0.3) is 0 Å². The highest BCUT2D eigenvalue weighted by Gasteiger charge is 2.27. The minimum absolute atomic E-state index is 0.267. The molecular weight excluding hydrogens is 222 g/mol. The summed E-state index contributed by atoms with van der Waals surface area (Å²) in [6.45, 7) is 2.85. The molecule has 1 fully saturated rings. The standard InChI is InChI=1S/C13H18ClNO/c1-2-6-16-11-7-10(8-15-9-11)12-4-3-5-13(12)14/h7-9,12-13H,2-6H2,1H3. The van der Waals surface area contributed by atoms with Crippen LogP contribution < -0.4 is 4.74 Å². The Morgan fingerprint density at radius 2 is 2.31 bits per heavy atom. The molecule has 2 atom stereocenters. The minimum atomic E-state index is 0.267. The molecule has 0 aromatic carbocycles. The summed E-state index contributed by atoms with van der Waals surface area (Å²) in [4.78, 5) is 4.23. The maximum atomic E-state index is 6.30. The van der Waals surface area contributed by atoms with Gasteiger partial charge in [-0.3, -0.25) is 4.98 Å². The lowest BCUT2D eigenvalue weighted by Gasteiger charge is -2.14. The first kappa shape index (κ1) is 11.7. The first-order valence-electron chi connectivity index (χ1n) is 6.03. The molecule has 0 spiro atoms. The lowest BCUT2D eigenvalue weighted by atomic mass is 9.99. The van der Waals surface area contributed by atoms with Crippen molar-refractivity contribution in [2.24, 2.45) is 0 Å². The van der Waals surface area contributed by atoms with Gasteiger partial charge in [0.25, 0.3) is 0 Å². The molecule has 0 N–H and O–H groups in total. The Hall–Kier alpha value is -0.760. The van der Waals surface area contributed by atoms with Crippen LogP contribution in [0.5, 0.6) is 5.75 Å². The second kappa shape index (κ2) is 5.53. The van der Waals surface area contributed by atoms with Crippen molar-refractivity contribution in [3.05, 3.63) is 24.0 Å². The Kier molecular flexibility index (Phi) is 4.05. The van der Waals surface area contributed by atoms with Crippen molar-refractivity contribution in [1.29, 1.82) is 0 Å². The second-order valence-electron chi connectivity index (χ2n) is 4.36. The van der Waals surface area contributed by atoms with Gasteiger partial charge in [-0.1, -0.05) is 13.3 Å². The van der Waals surface area contributed by atoms with Crippen LogP contribution in [0.1, 0.15) is 44.1 Å². The molecule has 2 nitrogen and oxygen atoms in total. The molecular formula is C13H18ClNO. The molecule has 1 heterocycles. The summed E-state index contributed by atoms with van der Waals surface area (Å²) >= 11 is 6.30. The van der Waals surface area contributed by atoms with E-state index in [0.717, 1.165) is 25.2 Å². The molecule has 1 aromatic rings. The van der Waals surface area contributed by atoms with Gasteiger partial charge >= 0.3 is 0 Å². The van der Waals surface area contributed by atoms with Crippen molar-refractivity contribution < 1.29 is 4.74 Å². The van der Waals surface area contributed by atoms with Gasteiger partial charge in [0, 0.05) is 17.5 Å². The van der Waals surface area contributed by atoms with Gasteiger partial charge in [-0.05, 0) is 30.9 Å². The van der Waals surface area contributed by atoms with Crippen molar-refractivity contribution in [3.8, 4) is 5.75 Å². The molecule has 2 rings (SSSR count). The number of ether oxygens (including phenoxy) is 1. The van der Waals surface area contributed by atoms with Crippen LogP contribution in [0.15, 0.2) is 18.5 Å². The van der Waals surface area contributed by atoms with E-state index in [4.69, 9.17) is 16.3 Å². The summed E-state index contributed by atoms with van der Waals surface area (Å²) in [7, 11) is 0. The molecule has 0 radical (unpaired) electrons. The van der Waals surface area contributed by atoms with E-state index in [1.807, 2.05) is 6.20 Å². The number of pyridine rings is 1. The zero-order chi connectivity index (χ0) is 11.4. The molecule has 0 saturated heterocycles. The molecule has 2 unspecified atom stereocenters. The first-order valence-corrected chi connectivity index (χ1v) is 6.46. The number of hydrogen-bond donors (Lipinski definition) is 0. The van der Waals surface area contributed by atoms with Crippen LogP contribution >= 0.6 is 11.6 Å². The molecule has 1 aliphatic carbocycles. The Balaban J connectivity index is 2.09. The van der Waals surface area contributed by atoms with Crippen molar-refractivity contribution in [2.75, 3.05) is 6.61 Å². The second-order valence-corrected chi connectivity index (χ2v) is 4.92. The third kappa shape index (κ3) is 2.67. The van der Waals surface area contributed by atoms with E-state index in [1.165, 1.54) is 18.4 Å². The zero-order valence-corrected chi connectivity index (χ0v) is 10.4. The largest absolute Gasteiger partial charge is 0.492 e. The molecule has 3 heteroatoms. The SMILES string of the molecule is CCCOc1cncc(C2CCCC2Cl)c1. The summed E-state index contributed by atoms with van der Waals surface area (Å²) in [5, 5.41) is 0.267. The van der Waals surface area contributed by atoms with Crippen LogP contribution in [0.3, 0.4) is 0 Å². The van der Waals surface area contributed by atoms with Crippen molar-refractivity contribution in [3.63, 3.8) is 0 Å². The monoisotopic (exact) mass is 239 g/mol. The molecule has 1 aliphatic rings. The summed E-state index contributed by atoms with van der Waals surface area (Å²) < 4.78 is 5.59. The Labute approximate surface area is 102 Å². The van der Waals surface area contributed by atoms with Crippen molar-refractivity contribution >= 4 is 11.6 Å². The van der Waals surface area contributed by atoms with Gasteiger partial charge in [-0.25, -0.2) is 0 Å². The average Bonchev–Trinajstić information content (AvgIpc) is 2.73. The van der Waals surface area contributed by atoms with Gasteiger partial charge in [0.05, 0.1) is 12.8 Å². The van der Waals surface area contributed by atoms with Gasteiger partial charge in [-0.15, -0.1) is 11.6 Å². The van der Waals surface area contributed by atoms with Gasteiger partial charge in [0.15, 0.2) is 0 Å². The summed E-state index contributed by atoms with van der Waals surface area (Å²) in [6.07, 6.45) is 8.23. The Morgan fingerprint density at radius 3 is 3.00 bits per heavy atom. The molecule has 0 aliphatic heterocycles.